The van der Waals surface area contributed by atoms with E-state index in [0.29, 0.717) is 18.4 Å². The number of rotatable bonds is 7. The summed E-state index contributed by atoms with van der Waals surface area (Å²) in [5.41, 5.74) is -5.50. The molecule has 1 aromatic heterocycles. The molecule has 0 spiro atoms. The maximum Gasteiger partial charge on any atom is 0.501 e. The Balaban J connectivity index is 0.00000222. The molecule has 0 atom stereocenters. The van der Waals surface area contributed by atoms with Crippen LogP contribution in [0.5, 0.6) is 5.75 Å². The summed E-state index contributed by atoms with van der Waals surface area (Å²) >= 11 is 0. The summed E-state index contributed by atoms with van der Waals surface area (Å²) in [6.45, 7) is 6.09. The van der Waals surface area contributed by atoms with Gasteiger partial charge in [-0.1, -0.05) is 32.0 Å². The lowest BCUT2D eigenvalue weighted by Crippen LogP contribution is -2.23. The normalized spacial score (nSPS) is 11.1. The fourth-order valence-corrected chi connectivity index (χ4v) is 3.69. The van der Waals surface area contributed by atoms with Crippen molar-refractivity contribution in [2.75, 3.05) is 17.2 Å². The molecule has 0 bridgehead atoms. The lowest BCUT2D eigenvalue weighted by atomic mass is 10.1. The summed E-state index contributed by atoms with van der Waals surface area (Å²) in [5.74, 6) is -1.06. The first-order valence-electron chi connectivity index (χ1n) is 10.7. The van der Waals surface area contributed by atoms with E-state index in [2.05, 4.69) is 15.6 Å². The summed E-state index contributed by atoms with van der Waals surface area (Å²) in [7, 11) is -5.60. The van der Waals surface area contributed by atoms with Gasteiger partial charge in [0.1, 0.15) is 5.75 Å². The van der Waals surface area contributed by atoms with Crippen molar-refractivity contribution in [1.82, 2.24) is 4.98 Å². The Kier molecular flexibility index (Phi) is 9.56. The third kappa shape index (κ3) is 6.60. The van der Waals surface area contributed by atoms with Gasteiger partial charge < -0.3 is 15.4 Å². The summed E-state index contributed by atoms with van der Waals surface area (Å²) in [5, 5.41) is 4.90. The Hall–Kier alpha value is -3.93. The highest BCUT2D eigenvalue weighted by atomic mass is 32.2. The molecule has 2 amide bonds. The maximum atomic E-state index is 12.8. The molecule has 0 saturated carbocycles. The highest BCUT2D eigenvalue weighted by molar-refractivity contribution is 7.92. The second-order valence-electron chi connectivity index (χ2n) is 6.74. The Morgan fingerprint density at radius 2 is 1.61 bits per heavy atom. The van der Waals surface area contributed by atoms with Crippen molar-refractivity contribution in [3.05, 3.63) is 78.1 Å². The van der Waals surface area contributed by atoms with Gasteiger partial charge in [-0.3, -0.25) is 14.6 Å². The third-order valence-electron chi connectivity index (χ3n) is 4.45. The number of nitrogens with one attached hydrogen (secondary N) is 2. The van der Waals surface area contributed by atoms with Crippen LogP contribution in [-0.4, -0.2) is 37.3 Å². The van der Waals surface area contributed by atoms with Crippen LogP contribution >= 0.6 is 0 Å². The van der Waals surface area contributed by atoms with Crippen LogP contribution in [0.2, 0.25) is 0 Å². The summed E-state index contributed by atoms with van der Waals surface area (Å²) < 4.78 is 67.2. The van der Waals surface area contributed by atoms with Gasteiger partial charge >= 0.3 is 5.51 Å². The number of para-hydroxylation sites is 1. The highest BCUT2D eigenvalue weighted by Gasteiger charge is 2.46. The third-order valence-corrected chi connectivity index (χ3v) is 5.94. The van der Waals surface area contributed by atoms with Gasteiger partial charge in [0, 0.05) is 18.1 Å². The zero-order valence-electron chi connectivity index (χ0n) is 19.6. The molecule has 192 valence electrons. The van der Waals surface area contributed by atoms with Gasteiger partial charge in [0.25, 0.3) is 21.7 Å². The van der Waals surface area contributed by atoms with Crippen molar-refractivity contribution in [1.29, 1.82) is 0 Å². The average molecular weight is 524 g/mol. The number of hydrogen-bond acceptors (Lipinski definition) is 6. The van der Waals surface area contributed by atoms with Crippen LogP contribution in [0.15, 0.2) is 71.9 Å². The molecule has 2 aromatic carbocycles. The first kappa shape index (κ1) is 28.3. The van der Waals surface area contributed by atoms with Gasteiger partial charge in [-0.15, -0.1) is 0 Å². The van der Waals surface area contributed by atoms with Crippen LogP contribution in [-0.2, 0) is 9.84 Å². The van der Waals surface area contributed by atoms with Gasteiger partial charge in [-0.2, -0.15) is 13.2 Å². The van der Waals surface area contributed by atoms with Crippen molar-refractivity contribution in [2.24, 2.45) is 0 Å². The first-order valence-corrected chi connectivity index (χ1v) is 12.2. The Morgan fingerprint density at radius 3 is 2.28 bits per heavy atom. The van der Waals surface area contributed by atoms with Crippen LogP contribution in [0.4, 0.5) is 24.5 Å². The zero-order chi connectivity index (χ0) is 26.9. The second kappa shape index (κ2) is 12.2. The van der Waals surface area contributed by atoms with Crippen molar-refractivity contribution >= 4 is 33.0 Å². The standard InChI is InChI=1S/C22H18F3N3O5S.C2H6/c1-2-33-19-9-4-3-8-16(19)20(29)28-18-10-11-26-13-17(18)21(30)27-14-6-5-7-15(12-14)34(31,32)22(23,24)25;1-2/h3-13H,2H2,1H3,(H,27,30)(H,26,28,29);1-2H3. The fraction of sp³-hybridized carbons (Fsp3) is 0.208. The predicted molar refractivity (Wildman–Crippen MR) is 129 cm³/mol. The molecule has 12 heteroatoms. The SMILES string of the molecule is CC.CCOc1ccccc1C(=O)Nc1ccncc1C(=O)Nc1cccc(S(=O)(=O)C(F)(F)F)c1. The molecular formula is C24H24F3N3O5S. The average Bonchev–Trinajstić information content (AvgIpc) is 2.85. The monoisotopic (exact) mass is 523 g/mol. The molecule has 36 heavy (non-hydrogen) atoms. The molecule has 0 radical (unpaired) electrons. The number of carbonyl (C=O) groups is 2. The molecule has 0 aliphatic carbocycles. The van der Waals surface area contributed by atoms with E-state index >= 15 is 0 Å². The number of nitrogens with zero attached hydrogens (tertiary/aromatic N) is 1. The molecular weight excluding hydrogens is 499 g/mol. The van der Waals surface area contributed by atoms with Crippen molar-refractivity contribution < 1.29 is 35.9 Å². The van der Waals surface area contributed by atoms with Crippen LogP contribution in [0.1, 0.15) is 41.5 Å². The molecule has 0 aliphatic rings. The van der Waals surface area contributed by atoms with E-state index in [1.54, 1.807) is 25.1 Å². The lowest BCUT2D eigenvalue weighted by molar-refractivity contribution is -0.0436. The summed E-state index contributed by atoms with van der Waals surface area (Å²) in [6, 6.07) is 11.6. The minimum atomic E-state index is -5.60. The van der Waals surface area contributed by atoms with Crippen molar-refractivity contribution in [3.8, 4) is 5.75 Å². The molecule has 0 fully saturated rings. The van der Waals surface area contributed by atoms with Gasteiger partial charge in [-0.25, -0.2) is 8.42 Å². The van der Waals surface area contributed by atoms with Crippen LogP contribution < -0.4 is 15.4 Å². The molecule has 3 aromatic rings. The van der Waals surface area contributed by atoms with Crippen molar-refractivity contribution in [3.63, 3.8) is 0 Å². The fourth-order valence-electron chi connectivity index (χ4n) is 2.88. The number of hydrogen-bond donors (Lipinski definition) is 2. The topological polar surface area (TPSA) is 114 Å². The van der Waals surface area contributed by atoms with Gasteiger partial charge in [0.2, 0.25) is 0 Å². The molecule has 2 N–H and O–H groups in total. The van der Waals surface area contributed by atoms with E-state index in [0.717, 1.165) is 18.3 Å². The van der Waals surface area contributed by atoms with Crippen LogP contribution in [0.25, 0.3) is 0 Å². The number of benzene rings is 2. The number of carbonyl (C=O) groups excluding carboxylic acids is 2. The minimum Gasteiger partial charge on any atom is -0.493 e. The molecule has 8 nitrogen and oxygen atoms in total. The Labute approximate surface area is 206 Å². The second-order valence-corrected chi connectivity index (χ2v) is 8.68. The van der Waals surface area contributed by atoms with E-state index in [1.807, 2.05) is 13.8 Å². The molecule has 3 rings (SSSR count). The number of anilines is 2. The predicted octanol–water partition coefficient (Wildman–Crippen LogP) is 5.30. The quantitative estimate of drug-likeness (QED) is 0.434. The molecule has 1 heterocycles. The number of ether oxygens (including phenoxy) is 1. The smallest absolute Gasteiger partial charge is 0.493 e. The van der Waals surface area contributed by atoms with Gasteiger partial charge in [0.15, 0.2) is 0 Å². The van der Waals surface area contributed by atoms with E-state index in [-0.39, 0.29) is 22.5 Å². The first-order chi connectivity index (χ1) is 17.0. The summed E-state index contributed by atoms with van der Waals surface area (Å²) in [6.07, 6.45) is 2.48. The van der Waals surface area contributed by atoms with E-state index < -0.39 is 32.1 Å². The van der Waals surface area contributed by atoms with E-state index in [9.17, 15) is 31.2 Å². The van der Waals surface area contributed by atoms with Crippen LogP contribution in [0.3, 0.4) is 0 Å². The van der Waals surface area contributed by atoms with Crippen LogP contribution in [0, 0.1) is 0 Å². The molecule has 0 aliphatic heterocycles. The highest BCUT2D eigenvalue weighted by Crippen LogP contribution is 2.31. The number of halogens is 3. The number of amides is 2. The van der Waals surface area contributed by atoms with Gasteiger partial charge in [-0.05, 0) is 43.3 Å². The maximum absolute atomic E-state index is 12.8. The number of pyridine rings is 1. The Bertz CT molecular complexity index is 1330. The largest absolute Gasteiger partial charge is 0.501 e. The minimum absolute atomic E-state index is 0.0721. The Morgan fingerprint density at radius 1 is 0.944 bits per heavy atom. The zero-order valence-corrected chi connectivity index (χ0v) is 20.4. The number of alkyl halides is 3. The van der Waals surface area contributed by atoms with Crippen molar-refractivity contribution in [2.45, 2.75) is 31.2 Å². The van der Waals surface area contributed by atoms with E-state index in [1.165, 1.54) is 24.4 Å². The number of aromatic nitrogens is 1. The summed E-state index contributed by atoms with van der Waals surface area (Å²) in [4.78, 5) is 28.4. The van der Waals surface area contributed by atoms with E-state index in [4.69, 9.17) is 4.74 Å². The molecule has 0 saturated heterocycles. The van der Waals surface area contributed by atoms with Gasteiger partial charge in [0.05, 0.1) is 28.3 Å². The number of sulfone groups is 1. The lowest BCUT2D eigenvalue weighted by Gasteiger charge is -2.14. The molecule has 0 unspecified atom stereocenters.